The van der Waals surface area contributed by atoms with Gasteiger partial charge in [-0.1, -0.05) is 11.6 Å². The van der Waals surface area contributed by atoms with E-state index in [4.69, 9.17) is 22.1 Å². The number of carbonyl (C=O) groups excluding carboxylic acids is 1. The predicted molar refractivity (Wildman–Crippen MR) is 66.3 cm³/mol. The van der Waals surface area contributed by atoms with E-state index in [-0.39, 0.29) is 12.0 Å². The van der Waals surface area contributed by atoms with Gasteiger partial charge in [-0.05, 0) is 12.8 Å². The molecule has 1 aliphatic heterocycles. The molecule has 1 aromatic rings. The number of likely N-dealkylation sites (tertiary alicyclic amines) is 1. The molecule has 2 rings (SSSR count). The minimum absolute atomic E-state index is 0.0790. The van der Waals surface area contributed by atoms with Crippen LogP contribution in [0.2, 0.25) is 5.02 Å². The topological polar surface area (TPSA) is 81.3 Å². The SMILES string of the molecule is NC(=O)CN1CCC(Oc2ncc(Cl)cn2)CC1. The number of piperidine rings is 1. The Kier molecular flexibility index (Phi) is 4.33. The van der Waals surface area contributed by atoms with Gasteiger partial charge in [-0.3, -0.25) is 9.69 Å². The molecule has 1 fully saturated rings. The molecule has 2 heterocycles. The van der Waals surface area contributed by atoms with Crippen molar-refractivity contribution in [3.8, 4) is 6.01 Å². The van der Waals surface area contributed by atoms with Gasteiger partial charge in [0.25, 0.3) is 0 Å². The van der Waals surface area contributed by atoms with Crippen LogP contribution in [-0.4, -0.2) is 46.5 Å². The average Bonchev–Trinajstić information content (AvgIpc) is 2.34. The second-order valence-corrected chi connectivity index (χ2v) is 4.68. The van der Waals surface area contributed by atoms with Crippen molar-refractivity contribution in [2.75, 3.05) is 19.6 Å². The fourth-order valence-corrected chi connectivity index (χ4v) is 2.01. The number of ether oxygens (including phenoxy) is 1. The van der Waals surface area contributed by atoms with Gasteiger partial charge in [0.1, 0.15) is 6.10 Å². The van der Waals surface area contributed by atoms with E-state index in [1.807, 2.05) is 4.90 Å². The summed E-state index contributed by atoms with van der Waals surface area (Å²) in [5.41, 5.74) is 5.15. The first-order valence-electron chi connectivity index (χ1n) is 5.78. The van der Waals surface area contributed by atoms with Crippen LogP contribution in [0.4, 0.5) is 0 Å². The lowest BCUT2D eigenvalue weighted by Crippen LogP contribution is -2.42. The fraction of sp³-hybridized carbons (Fsp3) is 0.545. The van der Waals surface area contributed by atoms with Gasteiger partial charge in [0.2, 0.25) is 5.91 Å². The third kappa shape index (κ3) is 3.82. The molecule has 1 amide bonds. The predicted octanol–water partition coefficient (Wildman–Crippen LogP) is 0.459. The highest BCUT2D eigenvalue weighted by molar-refractivity contribution is 6.30. The molecular weight excluding hydrogens is 256 g/mol. The van der Waals surface area contributed by atoms with E-state index in [1.54, 1.807) is 0 Å². The van der Waals surface area contributed by atoms with Crippen LogP contribution in [0.15, 0.2) is 12.4 Å². The number of nitrogens with two attached hydrogens (primary N) is 1. The summed E-state index contributed by atoms with van der Waals surface area (Å²) in [4.78, 5) is 20.8. The highest BCUT2D eigenvalue weighted by atomic mass is 35.5. The first kappa shape index (κ1) is 13.0. The van der Waals surface area contributed by atoms with Gasteiger partial charge in [0.15, 0.2) is 0 Å². The molecule has 0 bridgehead atoms. The van der Waals surface area contributed by atoms with Gasteiger partial charge in [0.05, 0.1) is 24.0 Å². The number of aromatic nitrogens is 2. The highest BCUT2D eigenvalue weighted by Gasteiger charge is 2.21. The molecule has 1 aliphatic rings. The Labute approximate surface area is 110 Å². The van der Waals surface area contributed by atoms with Gasteiger partial charge in [0, 0.05) is 13.1 Å². The zero-order valence-electron chi connectivity index (χ0n) is 9.88. The van der Waals surface area contributed by atoms with Crippen LogP contribution < -0.4 is 10.5 Å². The monoisotopic (exact) mass is 270 g/mol. The van der Waals surface area contributed by atoms with Crippen molar-refractivity contribution < 1.29 is 9.53 Å². The Morgan fingerprint density at radius 3 is 2.61 bits per heavy atom. The zero-order chi connectivity index (χ0) is 13.0. The van der Waals surface area contributed by atoms with E-state index in [1.165, 1.54) is 12.4 Å². The molecule has 98 valence electrons. The fourth-order valence-electron chi connectivity index (χ4n) is 1.92. The molecule has 18 heavy (non-hydrogen) atoms. The second kappa shape index (κ2) is 5.97. The Hall–Kier alpha value is -1.40. The normalized spacial score (nSPS) is 17.6. The van der Waals surface area contributed by atoms with Crippen molar-refractivity contribution in [1.29, 1.82) is 0 Å². The van der Waals surface area contributed by atoms with Crippen molar-refractivity contribution >= 4 is 17.5 Å². The number of nitrogens with zero attached hydrogens (tertiary/aromatic N) is 3. The third-order valence-corrected chi connectivity index (χ3v) is 2.98. The van der Waals surface area contributed by atoms with Crippen molar-refractivity contribution in [3.63, 3.8) is 0 Å². The van der Waals surface area contributed by atoms with Crippen molar-refractivity contribution in [2.45, 2.75) is 18.9 Å². The summed E-state index contributed by atoms with van der Waals surface area (Å²) in [6, 6.07) is 0.341. The van der Waals surface area contributed by atoms with Gasteiger partial charge in [-0.2, -0.15) is 0 Å². The Bertz CT molecular complexity index is 404. The number of primary amides is 1. The molecule has 2 N–H and O–H groups in total. The molecule has 0 atom stereocenters. The Morgan fingerprint density at radius 2 is 2.06 bits per heavy atom. The molecule has 0 aromatic carbocycles. The number of hydrogen-bond acceptors (Lipinski definition) is 5. The summed E-state index contributed by atoms with van der Waals surface area (Å²) >= 11 is 5.69. The van der Waals surface area contributed by atoms with Crippen LogP contribution in [0, 0.1) is 0 Å². The molecule has 0 radical (unpaired) electrons. The lowest BCUT2D eigenvalue weighted by atomic mass is 10.1. The van der Waals surface area contributed by atoms with Crippen LogP contribution in [0.1, 0.15) is 12.8 Å². The van der Waals surface area contributed by atoms with E-state index in [0.717, 1.165) is 25.9 Å². The molecule has 0 unspecified atom stereocenters. The Morgan fingerprint density at radius 1 is 1.44 bits per heavy atom. The summed E-state index contributed by atoms with van der Waals surface area (Å²) in [6.07, 6.45) is 4.76. The summed E-state index contributed by atoms with van der Waals surface area (Å²) in [5.74, 6) is -0.296. The molecule has 0 aliphatic carbocycles. The summed E-state index contributed by atoms with van der Waals surface area (Å²) in [6.45, 7) is 1.90. The van der Waals surface area contributed by atoms with Crippen molar-refractivity contribution in [1.82, 2.24) is 14.9 Å². The lowest BCUT2D eigenvalue weighted by molar-refractivity contribution is -0.119. The minimum atomic E-state index is -0.296. The van der Waals surface area contributed by atoms with Gasteiger partial charge in [-0.25, -0.2) is 9.97 Å². The summed E-state index contributed by atoms with van der Waals surface area (Å²) in [7, 11) is 0. The molecule has 6 nitrogen and oxygen atoms in total. The zero-order valence-corrected chi connectivity index (χ0v) is 10.6. The number of rotatable bonds is 4. The van der Waals surface area contributed by atoms with Gasteiger partial charge in [-0.15, -0.1) is 0 Å². The number of amides is 1. The van der Waals surface area contributed by atoms with E-state index in [2.05, 4.69) is 9.97 Å². The maximum atomic E-state index is 10.8. The van der Waals surface area contributed by atoms with E-state index >= 15 is 0 Å². The number of hydrogen-bond donors (Lipinski definition) is 1. The molecule has 1 saturated heterocycles. The molecular formula is C11H15ClN4O2. The van der Waals surface area contributed by atoms with E-state index in [9.17, 15) is 4.79 Å². The van der Waals surface area contributed by atoms with Crippen LogP contribution in [0.5, 0.6) is 6.01 Å². The first-order chi connectivity index (χ1) is 8.63. The van der Waals surface area contributed by atoms with Gasteiger partial charge < -0.3 is 10.5 Å². The van der Waals surface area contributed by atoms with Gasteiger partial charge >= 0.3 is 6.01 Å². The molecule has 7 heteroatoms. The lowest BCUT2D eigenvalue weighted by Gasteiger charge is -2.30. The number of carbonyl (C=O) groups is 1. The maximum Gasteiger partial charge on any atom is 0.316 e. The molecule has 0 spiro atoms. The van der Waals surface area contributed by atoms with E-state index in [0.29, 0.717) is 17.6 Å². The minimum Gasteiger partial charge on any atom is -0.460 e. The van der Waals surface area contributed by atoms with E-state index < -0.39 is 0 Å². The van der Waals surface area contributed by atoms with Crippen molar-refractivity contribution in [3.05, 3.63) is 17.4 Å². The van der Waals surface area contributed by atoms with Crippen LogP contribution in [0.3, 0.4) is 0 Å². The quantitative estimate of drug-likeness (QED) is 0.860. The molecule has 0 saturated carbocycles. The highest BCUT2D eigenvalue weighted by Crippen LogP contribution is 2.16. The standard InChI is InChI=1S/C11H15ClN4O2/c12-8-5-14-11(15-6-8)18-9-1-3-16(4-2-9)7-10(13)17/h5-6,9H,1-4,7H2,(H2,13,17). The first-order valence-corrected chi connectivity index (χ1v) is 6.16. The summed E-state index contributed by atoms with van der Waals surface area (Å²) < 4.78 is 5.64. The second-order valence-electron chi connectivity index (χ2n) is 4.24. The third-order valence-electron chi connectivity index (χ3n) is 2.78. The largest absolute Gasteiger partial charge is 0.460 e. The van der Waals surface area contributed by atoms with Crippen LogP contribution in [-0.2, 0) is 4.79 Å². The van der Waals surface area contributed by atoms with Crippen LogP contribution in [0.25, 0.3) is 0 Å². The maximum absolute atomic E-state index is 10.8. The number of halogens is 1. The van der Waals surface area contributed by atoms with Crippen LogP contribution >= 0.6 is 11.6 Å². The Balaban J connectivity index is 1.79. The summed E-state index contributed by atoms with van der Waals surface area (Å²) in [5, 5.41) is 0.485. The molecule has 1 aromatic heterocycles. The smallest absolute Gasteiger partial charge is 0.316 e. The van der Waals surface area contributed by atoms with Crippen molar-refractivity contribution in [2.24, 2.45) is 5.73 Å². The average molecular weight is 271 g/mol.